The van der Waals surface area contributed by atoms with Gasteiger partial charge in [0.25, 0.3) is 0 Å². The minimum absolute atomic E-state index is 0. The second-order valence-corrected chi connectivity index (χ2v) is 5.42. The van der Waals surface area contributed by atoms with E-state index in [1.54, 1.807) is 0 Å². The topological polar surface area (TPSA) is 79.5 Å². The number of thiophene rings is 1. The zero-order valence-corrected chi connectivity index (χ0v) is 13.5. The van der Waals surface area contributed by atoms with Crippen molar-refractivity contribution in [2.75, 3.05) is 13.1 Å². The SMILES string of the molecule is CCCN(CC(=O)O)C(C)c1nc(-c2cccs2)no1.Cl. The van der Waals surface area contributed by atoms with Crippen LogP contribution in [0.4, 0.5) is 0 Å². The summed E-state index contributed by atoms with van der Waals surface area (Å²) in [5.74, 6) is 0.139. The third-order valence-corrected chi connectivity index (χ3v) is 3.80. The molecule has 0 fully saturated rings. The normalized spacial score (nSPS) is 12.1. The standard InChI is InChI=1S/C13H17N3O3S.ClH/c1-3-6-16(8-11(17)18)9(2)13-14-12(15-19-13)10-5-4-7-20-10;/h4-5,7,9H,3,6,8H2,1-2H3,(H,17,18);1H. The van der Waals surface area contributed by atoms with E-state index in [0.717, 1.165) is 11.3 Å². The minimum Gasteiger partial charge on any atom is -0.480 e. The van der Waals surface area contributed by atoms with Crippen molar-refractivity contribution in [3.63, 3.8) is 0 Å². The Hall–Kier alpha value is -1.44. The third kappa shape index (κ3) is 4.52. The monoisotopic (exact) mass is 331 g/mol. The highest BCUT2D eigenvalue weighted by Crippen LogP contribution is 2.25. The maximum atomic E-state index is 10.9. The Morgan fingerprint density at radius 3 is 2.90 bits per heavy atom. The molecule has 0 amide bonds. The molecule has 2 rings (SSSR count). The van der Waals surface area contributed by atoms with Crippen LogP contribution in [0.3, 0.4) is 0 Å². The molecule has 0 bridgehead atoms. The van der Waals surface area contributed by atoms with E-state index in [0.29, 0.717) is 18.3 Å². The van der Waals surface area contributed by atoms with Crippen LogP contribution in [0, 0.1) is 0 Å². The van der Waals surface area contributed by atoms with Crippen LogP contribution in [0.25, 0.3) is 10.7 Å². The van der Waals surface area contributed by atoms with E-state index < -0.39 is 5.97 Å². The summed E-state index contributed by atoms with van der Waals surface area (Å²) >= 11 is 1.54. The van der Waals surface area contributed by atoms with Crippen molar-refractivity contribution in [3.05, 3.63) is 23.4 Å². The van der Waals surface area contributed by atoms with Crippen LogP contribution in [0.2, 0.25) is 0 Å². The first-order valence-electron chi connectivity index (χ1n) is 6.45. The fourth-order valence-corrected chi connectivity index (χ4v) is 2.59. The lowest BCUT2D eigenvalue weighted by atomic mass is 10.2. The molecule has 0 saturated heterocycles. The molecule has 0 saturated carbocycles. The van der Waals surface area contributed by atoms with Crippen LogP contribution >= 0.6 is 23.7 Å². The molecule has 116 valence electrons. The number of halogens is 1. The number of carbonyl (C=O) groups is 1. The van der Waals surface area contributed by atoms with Crippen molar-refractivity contribution in [1.82, 2.24) is 15.0 Å². The van der Waals surface area contributed by atoms with Crippen molar-refractivity contribution < 1.29 is 14.4 Å². The average Bonchev–Trinajstić information content (AvgIpc) is 3.07. The highest BCUT2D eigenvalue weighted by atomic mass is 35.5. The fraction of sp³-hybridized carbons (Fsp3) is 0.462. The van der Waals surface area contributed by atoms with E-state index in [2.05, 4.69) is 10.1 Å². The Kier molecular flexibility index (Phi) is 6.80. The molecule has 6 nitrogen and oxygen atoms in total. The van der Waals surface area contributed by atoms with Crippen LogP contribution < -0.4 is 0 Å². The lowest BCUT2D eigenvalue weighted by Gasteiger charge is -2.23. The lowest BCUT2D eigenvalue weighted by molar-refractivity contribution is -0.139. The summed E-state index contributed by atoms with van der Waals surface area (Å²) < 4.78 is 5.27. The van der Waals surface area contributed by atoms with E-state index >= 15 is 0 Å². The zero-order valence-electron chi connectivity index (χ0n) is 11.9. The summed E-state index contributed by atoms with van der Waals surface area (Å²) in [6.45, 7) is 4.52. The van der Waals surface area contributed by atoms with Crippen molar-refractivity contribution in [2.24, 2.45) is 0 Å². The Balaban J connectivity index is 0.00000220. The second-order valence-electron chi connectivity index (χ2n) is 4.47. The summed E-state index contributed by atoms with van der Waals surface area (Å²) in [5, 5.41) is 14.9. The lowest BCUT2D eigenvalue weighted by Crippen LogP contribution is -2.33. The van der Waals surface area contributed by atoms with Crippen molar-refractivity contribution in [3.8, 4) is 10.7 Å². The van der Waals surface area contributed by atoms with Gasteiger partial charge in [-0.3, -0.25) is 9.69 Å². The van der Waals surface area contributed by atoms with Gasteiger partial charge in [-0.05, 0) is 31.3 Å². The van der Waals surface area contributed by atoms with E-state index in [9.17, 15) is 4.79 Å². The molecule has 8 heteroatoms. The molecule has 2 aromatic rings. The van der Waals surface area contributed by atoms with Crippen LogP contribution in [-0.2, 0) is 4.79 Å². The molecule has 0 aliphatic carbocycles. The maximum absolute atomic E-state index is 10.9. The molecule has 0 aliphatic heterocycles. The summed E-state index contributed by atoms with van der Waals surface area (Å²) in [6.07, 6.45) is 0.865. The summed E-state index contributed by atoms with van der Waals surface area (Å²) in [7, 11) is 0. The molecule has 0 aliphatic rings. The van der Waals surface area contributed by atoms with E-state index in [1.807, 2.05) is 36.3 Å². The highest BCUT2D eigenvalue weighted by Gasteiger charge is 2.23. The Bertz CT molecular complexity index is 559. The third-order valence-electron chi connectivity index (χ3n) is 2.94. The predicted molar refractivity (Wildman–Crippen MR) is 82.8 cm³/mol. The van der Waals surface area contributed by atoms with Gasteiger partial charge in [0, 0.05) is 0 Å². The number of hydrogen-bond acceptors (Lipinski definition) is 6. The molecule has 0 radical (unpaired) electrons. The molecular formula is C13H18ClN3O3S. The van der Waals surface area contributed by atoms with Crippen LogP contribution in [-0.4, -0.2) is 39.2 Å². The first-order chi connectivity index (χ1) is 9.61. The highest BCUT2D eigenvalue weighted by molar-refractivity contribution is 7.13. The molecule has 21 heavy (non-hydrogen) atoms. The number of rotatable bonds is 7. The van der Waals surface area contributed by atoms with Gasteiger partial charge in [0.15, 0.2) is 0 Å². The van der Waals surface area contributed by atoms with Crippen molar-refractivity contribution >= 4 is 29.7 Å². The van der Waals surface area contributed by atoms with Crippen molar-refractivity contribution in [1.29, 1.82) is 0 Å². The summed E-state index contributed by atoms with van der Waals surface area (Å²) in [5.41, 5.74) is 0. The fourth-order valence-electron chi connectivity index (χ4n) is 1.94. The van der Waals surface area contributed by atoms with Gasteiger partial charge in [-0.15, -0.1) is 23.7 Å². The Labute approximate surface area is 133 Å². The Morgan fingerprint density at radius 2 is 2.33 bits per heavy atom. The maximum Gasteiger partial charge on any atom is 0.317 e. The molecule has 2 aromatic heterocycles. The van der Waals surface area contributed by atoms with Crippen LogP contribution in [0.5, 0.6) is 0 Å². The smallest absolute Gasteiger partial charge is 0.317 e. The van der Waals surface area contributed by atoms with E-state index in [-0.39, 0.29) is 25.0 Å². The van der Waals surface area contributed by atoms with Gasteiger partial charge >= 0.3 is 5.97 Å². The molecule has 0 aromatic carbocycles. The first-order valence-corrected chi connectivity index (χ1v) is 7.33. The van der Waals surface area contributed by atoms with Gasteiger partial charge < -0.3 is 9.63 Å². The number of nitrogens with zero attached hydrogens (tertiary/aromatic N) is 3. The van der Waals surface area contributed by atoms with Gasteiger partial charge in [-0.1, -0.05) is 18.1 Å². The van der Waals surface area contributed by atoms with Crippen LogP contribution in [0.15, 0.2) is 22.0 Å². The van der Waals surface area contributed by atoms with E-state index in [4.69, 9.17) is 9.63 Å². The quantitative estimate of drug-likeness (QED) is 0.839. The molecule has 2 heterocycles. The number of aliphatic carboxylic acids is 1. The first kappa shape index (κ1) is 17.6. The van der Waals surface area contributed by atoms with Crippen molar-refractivity contribution in [2.45, 2.75) is 26.3 Å². The number of hydrogen-bond donors (Lipinski definition) is 1. The molecular weight excluding hydrogens is 314 g/mol. The minimum atomic E-state index is -0.858. The molecule has 1 atom stereocenters. The summed E-state index contributed by atoms with van der Waals surface area (Å²) in [4.78, 5) is 18.0. The summed E-state index contributed by atoms with van der Waals surface area (Å²) in [6, 6.07) is 3.63. The van der Waals surface area contributed by atoms with E-state index in [1.165, 1.54) is 11.3 Å². The largest absolute Gasteiger partial charge is 0.480 e. The molecule has 0 spiro atoms. The number of aromatic nitrogens is 2. The molecule has 1 unspecified atom stereocenters. The zero-order chi connectivity index (χ0) is 14.5. The number of carboxylic acids is 1. The van der Waals surface area contributed by atoms with Crippen LogP contribution in [0.1, 0.15) is 32.2 Å². The molecule has 1 N–H and O–H groups in total. The van der Waals surface area contributed by atoms with Gasteiger partial charge in [0.1, 0.15) is 0 Å². The van der Waals surface area contributed by atoms with Gasteiger partial charge in [-0.2, -0.15) is 4.98 Å². The second kappa shape index (κ2) is 8.11. The van der Waals surface area contributed by atoms with Gasteiger partial charge in [-0.25, -0.2) is 0 Å². The Morgan fingerprint density at radius 1 is 1.57 bits per heavy atom. The predicted octanol–water partition coefficient (Wildman–Crippen LogP) is 3.08. The number of carboxylic acid groups (broad SMARTS) is 1. The van der Waals surface area contributed by atoms with Gasteiger partial charge in [0.2, 0.25) is 11.7 Å². The van der Waals surface area contributed by atoms with Gasteiger partial charge in [0.05, 0.1) is 17.5 Å². The average molecular weight is 332 g/mol.